The number of aromatic nitrogens is 2. The maximum absolute atomic E-state index is 5.75. The van der Waals surface area contributed by atoms with Crippen LogP contribution in [0.5, 0.6) is 0 Å². The molecule has 1 saturated carbocycles. The summed E-state index contributed by atoms with van der Waals surface area (Å²) in [7, 11) is 1.90. The van der Waals surface area contributed by atoms with Gasteiger partial charge in [0, 0.05) is 19.6 Å². The van der Waals surface area contributed by atoms with Gasteiger partial charge in [0.1, 0.15) is 11.4 Å². The van der Waals surface area contributed by atoms with Crippen molar-refractivity contribution < 1.29 is 4.74 Å². The standard InChI is InChI=1S/C13H20IN3O/c1-5-18-13(2,3)12-16-10(8-6-7-8)9(14)11(15-4)17-12/h8H,5-7H2,1-4H3,(H,15,16,17). The van der Waals surface area contributed by atoms with Crippen molar-refractivity contribution in [3.63, 3.8) is 0 Å². The Morgan fingerprint density at radius 1 is 1.39 bits per heavy atom. The molecule has 5 heteroatoms. The molecule has 2 rings (SSSR count). The van der Waals surface area contributed by atoms with Crippen molar-refractivity contribution in [2.24, 2.45) is 0 Å². The van der Waals surface area contributed by atoms with Crippen LogP contribution in [0.15, 0.2) is 0 Å². The van der Waals surface area contributed by atoms with E-state index in [1.807, 2.05) is 27.8 Å². The Hall–Kier alpha value is -0.430. The van der Waals surface area contributed by atoms with Gasteiger partial charge >= 0.3 is 0 Å². The van der Waals surface area contributed by atoms with E-state index in [4.69, 9.17) is 9.72 Å². The minimum atomic E-state index is -0.436. The van der Waals surface area contributed by atoms with Crippen LogP contribution in [0.3, 0.4) is 0 Å². The number of anilines is 1. The highest BCUT2D eigenvalue weighted by molar-refractivity contribution is 14.1. The molecular formula is C13H20IN3O. The fraction of sp³-hybridized carbons (Fsp3) is 0.692. The Balaban J connectivity index is 2.44. The van der Waals surface area contributed by atoms with Gasteiger partial charge in [-0.3, -0.25) is 0 Å². The third kappa shape index (κ3) is 2.77. The summed E-state index contributed by atoms with van der Waals surface area (Å²) in [5, 5.41) is 3.16. The van der Waals surface area contributed by atoms with Gasteiger partial charge in [0.25, 0.3) is 0 Å². The lowest BCUT2D eigenvalue weighted by atomic mass is 10.1. The molecule has 0 spiro atoms. The lowest BCUT2D eigenvalue weighted by Crippen LogP contribution is -2.26. The van der Waals surface area contributed by atoms with Crippen LogP contribution >= 0.6 is 22.6 Å². The van der Waals surface area contributed by atoms with E-state index in [1.165, 1.54) is 18.5 Å². The Kier molecular flexibility index (Phi) is 4.11. The van der Waals surface area contributed by atoms with Gasteiger partial charge in [0.2, 0.25) is 0 Å². The first-order chi connectivity index (χ1) is 8.49. The molecule has 0 radical (unpaired) electrons. The van der Waals surface area contributed by atoms with E-state index in [9.17, 15) is 0 Å². The average Bonchev–Trinajstić information content (AvgIpc) is 3.13. The van der Waals surface area contributed by atoms with Gasteiger partial charge in [-0.1, -0.05) is 0 Å². The number of rotatable bonds is 5. The fourth-order valence-corrected chi connectivity index (χ4v) is 2.90. The molecule has 0 amide bonds. The molecule has 1 aliphatic carbocycles. The maximum Gasteiger partial charge on any atom is 0.162 e. The van der Waals surface area contributed by atoms with Crippen LogP contribution in [-0.4, -0.2) is 23.6 Å². The second kappa shape index (κ2) is 5.28. The smallest absolute Gasteiger partial charge is 0.162 e. The van der Waals surface area contributed by atoms with Crippen LogP contribution in [0.4, 0.5) is 5.82 Å². The number of hydrogen-bond donors (Lipinski definition) is 1. The van der Waals surface area contributed by atoms with Crippen molar-refractivity contribution in [2.45, 2.75) is 45.1 Å². The van der Waals surface area contributed by atoms with E-state index in [-0.39, 0.29) is 0 Å². The lowest BCUT2D eigenvalue weighted by Gasteiger charge is -2.24. The van der Waals surface area contributed by atoms with Gasteiger partial charge in [-0.2, -0.15) is 0 Å². The minimum absolute atomic E-state index is 0.436. The number of ether oxygens (including phenoxy) is 1. The quantitative estimate of drug-likeness (QED) is 0.818. The average molecular weight is 361 g/mol. The molecule has 0 unspecified atom stereocenters. The number of halogens is 1. The Morgan fingerprint density at radius 2 is 2.06 bits per heavy atom. The maximum atomic E-state index is 5.75. The molecule has 1 aromatic heterocycles. The molecule has 0 saturated heterocycles. The van der Waals surface area contributed by atoms with Gasteiger partial charge in [-0.05, 0) is 56.2 Å². The molecule has 1 fully saturated rings. The summed E-state index contributed by atoms with van der Waals surface area (Å²) in [6.45, 7) is 6.70. The van der Waals surface area contributed by atoms with Crippen molar-refractivity contribution >= 4 is 28.4 Å². The first kappa shape index (κ1) is 14.0. The molecule has 0 aliphatic heterocycles. The molecule has 1 N–H and O–H groups in total. The zero-order valence-electron chi connectivity index (χ0n) is 11.4. The minimum Gasteiger partial charge on any atom is -0.372 e. The summed E-state index contributed by atoms with van der Waals surface area (Å²) in [5.74, 6) is 2.30. The van der Waals surface area contributed by atoms with Crippen molar-refractivity contribution in [3.05, 3.63) is 15.1 Å². The zero-order valence-corrected chi connectivity index (χ0v) is 13.5. The van der Waals surface area contributed by atoms with Crippen LogP contribution in [0.1, 0.15) is 51.0 Å². The molecule has 1 aliphatic rings. The Bertz CT molecular complexity index is 444. The van der Waals surface area contributed by atoms with E-state index >= 15 is 0 Å². The highest BCUT2D eigenvalue weighted by atomic mass is 127. The molecule has 1 aromatic rings. The lowest BCUT2D eigenvalue weighted by molar-refractivity contribution is -0.0208. The number of nitrogens with one attached hydrogen (secondary N) is 1. The summed E-state index contributed by atoms with van der Waals surface area (Å²) in [6.07, 6.45) is 2.48. The van der Waals surface area contributed by atoms with E-state index in [2.05, 4.69) is 32.9 Å². The Labute approximate surface area is 122 Å². The SMILES string of the molecule is CCOC(C)(C)c1nc(NC)c(I)c(C2CC2)n1. The second-order valence-corrected chi connectivity index (χ2v) is 6.14. The van der Waals surface area contributed by atoms with Crippen molar-refractivity contribution in [1.82, 2.24) is 9.97 Å². The zero-order chi connectivity index (χ0) is 13.3. The summed E-state index contributed by atoms with van der Waals surface area (Å²) >= 11 is 2.33. The molecule has 100 valence electrons. The van der Waals surface area contributed by atoms with E-state index in [0.717, 1.165) is 15.2 Å². The Morgan fingerprint density at radius 3 is 2.56 bits per heavy atom. The van der Waals surface area contributed by atoms with Gasteiger partial charge in [-0.15, -0.1) is 0 Å². The number of hydrogen-bond acceptors (Lipinski definition) is 4. The topological polar surface area (TPSA) is 47.0 Å². The van der Waals surface area contributed by atoms with Crippen LogP contribution in [0, 0.1) is 3.57 Å². The fourth-order valence-electron chi connectivity index (χ4n) is 1.95. The predicted molar refractivity (Wildman–Crippen MR) is 80.9 cm³/mol. The first-order valence-electron chi connectivity index (χ1n) is 6.39. The van der Waals surface area contributed by atoms with Gasteiger partial charge in [0.05, 0.1) is 9.26 Å². The number of nitrogens with zero attached hydrogens (tertiary/aromatic N) is 2. The van der Waals surface area contributed by atoms with E-state index < -0.39 is 5.60 Å². The molecule has 18 heavy (non-hydrogen) atoms. The third-order valence-corrected chi connectivity index (χ3v) is 4.18. The third-order valence-electron chi connectivity index (χ3n) is 3.12. The largest absolute Gasteiger partial charge is 0.372 e. The molecular weight excluding hydrogens is 341 g/mol. The second-order valence-electron chi connectivity index (χ2n) is 5.06. The molecule has 0 atom stereocenters. The van der Waals surface area contributed by atoms with E-state index in [0.29, 0.717) is 12.5 Å². The van der Waals surface area contributed by atoms with Gasteiger partial charge < -0.3 is 10.1 Å². The highest BCUT2D eigenvalue weighted by Crippen LogP contribution is 2.42. The van der Waals surface area contributed by atoms with Crippen LogP contribution in [0.25, 0.3) is 0 Å². The van der Waals surface area contributed by atoms with Crippen LogP contribution in [-0.2, 0) is 10.3 Å². The summed E-state index contributed by atoms with van der Waals surface area (Å²) in [5.41, 5.74) is 0.742. The van der Waals surface area contributed by atoms with Crippen molar-refractivity contribution in [2.75, 3.05) is 19.0 Å². The summed E-state index contributed by atoms with van der Waals surface area (Å²) < 4.78 is 6.90. The highest BCUT2D eigenvalue weighted by Gasteiger charge is 2.32. The first-order valence-corrected chi connectivity index (χ1v) is 7.47. The summed E-state index contributed by atoms with van der Waals surface area (Å²) in [6, 6.07) is 0. The monoisotopic (exact) mass is 361 g/mol. The normalized spacial score (nSPS) is 15.8. The van der Waals surface area contributed by atoms with Crippen LogP contribution in [0.2, 0.25) is 0 Å². The molecule has 0 aromatic carbocycles. The molecule has 4 nitrogen and oxygen atoms in total. The van der Waals surface area contributed by atoms with Gasteiger partial charge in [-0.25, -0.2) is 9.97 Å². The van der Waals surface area contributed by atoms with E-state index in [1.54, 1.807) is 0 Å². The molecule has 0 bridgehead atoms. The van der Waals surface area contributed by atoms with Crippen molar-refractivity contribution in [1.29, 1.82) is 0 Å². The van der Waals surface area contributed by atoms with Gasteiger partial charge in [0.15, 0.2) is 5.82 Å². The van der Waals surface area contributed by atoms with Crippen molar-refractivity contribution in [3.8, 4) is 0 Å². The van der Waals surface area contributed by atoms with Crippen LogP contribution < -0.4 is 5.32 Å². The summed E-state index contributed by atoms with van der Waals surface area (Å²) in [4.78, 5) is 9.35. The molecule has 1 heterocycles. The predicted octanol–water partition coefficient (Wildman–Crippen LogP) is 3.27.